The van der Waals surface area contributed by atoms with Crippen molar-refractivity contribution in [2.75, 3.05) is 6.61 Å². The molecule has 1 aromatic carbocycles. The fraction of sp³-hybridized carbons (Fsp3) is 0.111. The van der Waals surface area contributed by atoms with Crippen LogP contribution < -0.4 is 10.5 Å². The number of primary amides is 1. The first-order valence-electron chi connectivity index (χ1n) is 4.34. The number of nitro groups is 1. The van der Waals surface area contributed by atoms with Gasteiger partial charge in [-0.1, -0.05) is 0 Å². The Labute approximate surface area is 94.7 Å². The van der Waals surface area contributed by atoms with Gasteiger partial charge in [-0.2, -0.15) is 0 Å². The van der Waals surface area contributed by atoms with E-state index in [2.05, 4.69) is 0 Å². The molecule has 17 heavy (non-hydrogen) atoms. The highest BCUT2D eigenvalue weighted by atomic mass is 16.6. The summed E-state index contributed by atoms with van der Waals surface area (Å²) in [5.41, 5.74) is 4.39. The van der Waals surface area contributed by atoms with Crippen LogP contribution in [0.2, 0.25) is 0 Å². The van der Waals surface area contributed by atoms with Crippen LogP contribution in [-0.4, -0.2) is 28.5 Å². The maximum Gasteiger partial charge on any atom is 0.341 e. The summed E-state index contributed by atoms with van der Waals surface area (Å²) < 4.78 is 4.70. The molecule has 8 nitrogen and oxygen atoms in total. The Morgan fingerprint density at radius 2 is 2.12 bits per heavy atom. The van der Waals surface area contributed by atoms with Crippen molar-refractivity contribution in [1.82, 2.24) is 0 Å². The lowest BCUT2D eigenvalue weighted by Gasteiger charge is -2.04. The van der Waals surface area contributed by atoms with Crippen LogP contribution in [0.1, 0.15) is 10.4 Å². The minimum absolute atomic E-state index is 0.0561. The molecule has 0 aliphatic rings. The standard InChI is InChI=1S/C9H8N2O6/c10-9(14)5-1-2-7(17-4-8(12)13)6(3-5)11(15)16/h1-3H,4H2,(H2,10,14)(H,12,13). The molecule has 0 saturated carbocycles. The molecule has 0 saturated heterocycles. The minimum Gasteiger partial charge on any atom is -0.479 e. The van der Waals surface area contributed by atoms with E-state index in [-0.39, 0.29) is 11.3 Å². The van der Waals surface area contributed by atoms with Gasteiger partial charge < -0.3 is 15.6 Å². The van der Waals surface area contributed by atoms with Gasteiger partial charge in [-0.05, 0) is 12.1 Å². The zero-order valence-corrected chi connectivity index (χ0v) is 8.45. The van der Waals surface area contributed by atoms with Crippen LogP contribution in [-0.2, 0) is 4.79 Å². The van der Waals surface area contributed by atoms with E-state index < -0.39 is 29.1 Å². The number of carboxylic acids is 1. The Hall–Kier alpha value is -2.64. The maximum absolute atomic E-state index is 10.8. The van der Waals surface area contributed by atoms with Gasteiger partial charge in [0.25, 0.3) is 0 Å². The van der Waals surface area contributed by atoms with Gasteiger partial charge in [0, 0.05) is 11.6 Å². The molecule has 0 heterocycles. The van der Waals surface area contributed by atoms with Crippen LogP contribution in [0.4, 0.5) is 5.69 Å². The summed E-state index contributed by atoms with van der Waals surface area (Å²) in [6, 6.07) is 3.27. The van der Waals surface area contributed by atoms with Gasteiger partial charge >= 0.3 is 11.7 Å². The number of hydrogen-bond donors (Lipinski definition) is 2. The van der Waals surface area contributed by atoms with E-state index in [1.54, 1.807) is 0 Å². The van der Waals surface area contributed by atoms with Crippen molar-refractivity contribution in [2.24, 2.45) is 5.73 Å². The van der Waals surface area contributed by atoms with Gasteiger partial charge in [0.15, 0.2) is 12.4 Å². The Morgan fingerprint density at radius 1 is 1.47 bits per heavy atom. The molecule has 3 N–H and O–H groups in total. The molecule has 0 aromatic heterocycles. The molecular weight excluding hydrogens is 232 g/mol. The summed E-state index contributed by atoms with van der Waals surface area (Å²) in [6.45, 7) is -0.712. The van der Waals surface area contributed by atoms with Crippen LogP contribution in [0.15, 0.2) is 18.2 Å². The number of nitro benzene ring substituents is 1. The molecule has 0 aliphatic carbocycles. The number of hydrogen-bond acceptors (Lipinski definition) is 5. The van der Waals surface area contributed by atoms with E-state index in [1.807, 2.05) is 0 Å². The molecule has 0 radical (unpaired) electrons. The van der Waals surface area contributed by atoms with Crippen molar-refractivity contribution in [1.29, 1.82) is 0 Å². The maximum atomic E-state index is 10.8. The summed E-state index contributed by atoms with van der Waals surface area (Å²) in [5.74, 6) is -2.32. The normalized spacial score (nSPS) is 9.65. The van der Waals surface area contributed by atoms with Crippen LogP contribution >= 0.6 is 0 Å². The lowest BCUT2D eigenvalue weighted by molar-refractivity contribution is -0.385. The number of nitrogens with zero attached hydrogens (tertiary/aromatic N) is 1. The highest BCUT2D eigenvalue weighted by Gasteiger charge is 2.18. The van der Waals surface area contributed by atoms with E-state index in [0.717, 1.165) is 12.1 Å². The number of benzene rings is 1. The molecule has 1 amide bonds. The summed E-state index contributed by atoms with van der Waals surface area (Å²) in [7, 11) is 0. The monoisotopic (exact) mass is 240 g/mol. The van der Waals surface area contributed by atoms with E-state index in [1.165, 1.54) is 6.07 Å². The average molecular weight is 240 g/mol. The predicted octanol–water partition coefficient (Wildman–Crippen LogP) is 0.157. The summed E-state index contributed by atoms with van der Waals surface area (Å²) in [6.07, 6.45) is 0. The van der Waals surface area contributed by atoms with Crippen molar-refractivity contribution in [2.45, 2.75) is 0 Å². The zero-order chi connectivity index (χ0) is 13.0. The quantitative estimate of drug-likeness (QED) is 0.556. The molecule has 0 atom stereocenters. The predicted molar refractivity (Wildman–Crippen MR) is 54.7 cm³/mol. The van der Waals surface area contributed by atoms with Crippen molar-refractivity contribution >= 4 is 17.6 Å². The molecule has 8 heteroatoms. The van der Waals surface area contributed by atoms with Gasteiger partial charge in [-0.15, -0.1) is 0 Å². The second kappa shape index (κ2) is 4.92. The highest BCUT2D eigenvalue weighted by Crippen LogP contribution is 2.27. The third-order valence-corrected chi connectivity index (χ3v) is 1.79. The van der Waals surface area contributed by atoms with E-state index >= 15 is 0 Å². The molecule has 1 rings (SSSR count). The third kappa shape index (κ3) is 3.16. The SMILES string of the molecule is NC(=O)c1ccc(OCC(=O)O)c([N+](=O)[O-])c1. The van der Waals surface area contributed by atoms with Crippen molar-refractivity contribution < 1.29 is 24.4 Å². The smallest absolute Gasteiger partial charge is 0.341 e. The molecule has 0 fully saturated rings. The van der Waals surface area contributed by atoms with Crippen molar-refractivity contribution in [3.8, 4) is 5.75 Å². The van der Waals surface area contributed by atoms with Crippen LogP contribution in [0.5, 0.6) is 5.75 Å². The number of rotatable bonds is 5. The number of carbonyl (C=O) groups is 2. The first kappa shape index (κ1) is 12.4. The molecule has 0 spiro atoms. The number of ether oxygens (including phenoxy) is 1. The third-order valence-electron chi connectivity index (χ3n) is 1.79. The Morgan fingerprint density at radius 3 is 2.59 bits per heavy atom. The average Bonchev–Trinajstić information content (AvgIpc) is 2.25. The van der Waals surface area contributed by atoms with Crippen molar-refractivity contribution in [3.05, 3.63) is 33.9 Å². The second-order valence-electron chi connectivity index (χ2n) is 2.99. The summed E-state index contributed by atoms with van der Waals surface area (Å²) in [5, 5.41) is 19.0. The summed E-state index contributed by atoms with van der Waals surface area (Å²) in [4.78, 5) is 31.0. The molecule has 1 aromatic rings. The summed E-state index contributed by atoms with van der Waals surface area (Å²) >= 11 is 0. The lowest BCUT2D eigenvalue weighted by atomic mass is 10.2. The van der Waals surface area contributed by atoms with Gasteiger partial charge in [0.05, 0.1) is 4.92 Å². The number of amides is 1. The minimum atomic E-state index is -1.27. The topological polar surface area (TPSA) is 133 Å². The van der Waals surface area contributed by atoms with Gasteiger partial charge in [0.2, 0.25) is 5.91 Å². The van der Waals surface area contributed by atoms with Crippen LogP contribution in [0.3, 0.4) is 0 Å². The van der Waals surface area contributed by atoms with Gasteiger partial charge in [0.1, 0.15) is 0 Å². The molecule has 0 bridgehead atoms. The Bertz CT molecular complexity index is 484. The zero-order valence-electron chi connectivity index (χ0n) is 8.45. The van der Waals surface area contributed by atoms with Crippen LogP contribution in [0, 0.1) is 10.1 Å². The Balaban J connectivity index is 3.08. The highest BCUT2D eigenvalue weighted by molar-refractivity contribution is 5.93. The molecule has 90 valence electrons. The lowest BCUT2D eigenvalue weighted by Crippen LogP contribution is -2.13. The number of carbonyl (C=O) groups excluding carboxylic acids is 1. The van der Waals surface area contributed by atoms with Gasteiger partial charge in [-0.25, -0.2) is 4.79 Å². The van der Waals surface area contributed by atoms with Crippen LogP contribution in [0.25, 0.3) is 0 Å². The fourth-order valence-electron chi connectivity index (χ4n) is 1.07. The van der Waals surface area contributed by atoms with Crippen molar-refractivity contribution in [3.63, 3.8) is 0 Å². The molecule has 0 unspecified atom stereocenters. The number of carboxylic acid groups (broad SMARTS) is 1. The molecule has 0 aliphatic heterocycles. The first-order chi connectivity index (χ1) is 7.91. The van der Waals surface area contributed by atoms with E-state index in [4.69, 9.17) is 15.6 Å². The van der Waals surface area contributed by atoms with E-state index in [9.17, 15) is 19.7 Å². The van der Waals surface area contributed by atoms with E-state index in [0.29, 0.717) is 0 Å². The number of nitrogens with two attached hydrogens (primary N) is 1. The van der Waals surface area contributed by atoms with Gasteiger partial charge in [-0.3, -0.25) is 14.9 Å². The first-order valence-corrected chi connectivity index (χ1v) is 4.34. The Kier molecular flexibility index (Phi) is 3.60. The molecular formula is C9H8N2O6. The second-order valence-corrected chi connectivity index (χ2v) is 2.99. The largest absolute Gasteiger partial charge is 0.479 e. The number of aliphatic carboxylic acids is 1. The fourth-order valence-corrected chi connectivity index (χ4v) is 1.07.